The Hall–Kier alpha value is -0.450. The minimum Gasteiger partial charge on any atom is -0.313 e. The van der Waals surface area contributed by atoms with Crippen molar-refractivity contribution in [1.82, 2.24) is 15.2 Å². The molecule has 1 aromatic rings. The summed E-state index contributed by atoms with van der Waals surface area (Å²) in [6.07, 6.45) is 3.23. The van der Waals surface area contributed by atoms with E-state index in [0.29, 0.717) is 6.04 Å². The third-order valence-electron chi connectivity index (χ3n) is 2.54. The summed E-state index contributed by atoms with van der Waals surface area (Å²) in [6, 6.07) is 0.616. The summed E-state index contributed by atoms with van der Waals surface area (Å²) in [7, 11) is 0. The molecule has 1 aliphatic heterocycles. The van der Waals surface area contributed by atoms with Crippen molar-refractivity contribution in [3.63, 3.8) is 0 Å². The normalized spacial score (nSPS) is 24.8. The second-order valence-corrected chi connectivity index (χ2v) is 4.88. The summed E-state index contributed by atoms with van der Waals surface area (Å²) >= 11 is 1.75. The van der Waals surface area contributed by atoms with Crippen molar-refractivity contribution >= 4 is 11.3 Å². The van der Waals surface area contributed by atoms with E-state index in [9.17, 15) is 0 Å². The molecule has 1 aromatic heterocycles. The summed E-state index contributed by atoms with van der Waals surface area (Å²) in [5, 5.41) is 3.50. The van der Waals surface area contributed by atoms with Crippen LogP contribution in [0.1, 0.15) is 18.2 Å². The number of nitrogens with one attached hydrogen (secondary N) is 1. The molecule has 1 atom stereocenters. The summed E-state index contributed by atoms with van der Waals surface area (Å²) in [5.74, 6) is 0. The van der Waals surface area contributed by atoms with E-state index in [-0.39, 0.29) is 0 Å². The van der Waals surface area contributed by atoms with E-state index in [2.05, 4.69) is 22.1 Å². The Morgan fingerprint density at radius 1 is 1.71 bits per heavy atom. The average molecular weight is 211 g/mol. The third-order valence-corrected chi connectivity index (χ3v) is 3.30. The molecule has 0 saturated carbocycles. The third kappa shape index (κ3) is 2.77. The van der Waals surface area contributed by atoms with Gasteiger partial charge in [0.2, 0.25) is 0 Å². The topological polar surface area (TPSA) is 28.2 Å². The van der Waals surface area contributed by atoms with Gasteiger partial charge in [0.25, 0.3) is 0 Å². The van der Waals surface area contributed by atoms with E-state index >= 15 is 0 Å². The van der Waals surface area contributed by atoms with Crippen molar-refractivity contribution in [3.8, 4) is 0 Å². The maximum Gasteiger partial charge on any atom is 0.0794 e. The molecular weight excluding hydrogens is 194 g/mol. The fraction of sp³-hybridized carbons (Fsp3) is 0.700. The molecule has 0 radical (unpaired) electrons. The maximum absolute atomic E-state index is 4.11. The Kier molecular flexibility index (Phi) is 3.50. The number of aromatic nitrogens is 1. The standard InChI is InChI=1S/C10H17N3S/c1-9-6-13(4-2-3-12-9)7-10-5-11-8-14-10/h5,8-9,12H,2-4,6-7H2,1H3. The van der Waals surface area contributed by atoms with E-state index in [1.165, 1.54) is 17.8 Å². The highest BCUT2D eigenvalue weighted by Gasteiger charge is 2.14. The van der Waals surface area contributed by atoms with Crippen LogP contribution in [-0.2, 0) is 6.54 Å². The van der Waals surface area contributed by atoms with Gasteiger partial charge >= 0.3 is 0 Å². The van der Waals surface area contributed by atoms with Gasteiger partial charge in [0, 0.05) is 30.2 Å². The zero-order valence-corrected chi connectivity index (χ0v) is 9.39. The molecule has 0 bridgehead atoms. The zero-order chi connectivity index (χ0) is 9.80. The molecule has 0 aliphatic carbocycles. The zero-order valence-electron chi connectivity index (χ0n) is 8.57. The van der Waals surface area contributed by atoms with Gasteiger partial charge in [-0.05, 0) is 26.4 Å². The molecule has 2 rings (SSSR count). The van der Waals surface area contributed by atoms with Crippen LogP contribution < -0.4 is 5.32 Å². The largest absolute Gasteiger partial charge is 0.313 e. The highest BCUT2D eigenvalue weighted by atomic mass is 32.1. The smallest absolute Gasteiger partial charge is 0.0794 e. The number of hydrogen-bond donors (Lipinski definition) is 1. The minimum absolute atomic E-state index is 0.616. The molecule has 14 heavy (non-hydrogen) atoms. The summed E-state index contributed by atoms with van der Waals surface area (Å²) in [5.41, 5.74) is 1.91. The average Bonchev–Trinajstić information content (AvgIpc) is 2.56. The molecule has 1 fully saturated rings. The Morgan fingerprint density at radius 3 is 3.43 bits per heavy atom. The summed E-state index contributed by atoms with van der Waals surface area (Å²) in [4.78, 5) is 7.99. The summed E-state index contributed by atoms with van der Waals surface area (Å²) in [6.45, 7) is 6.83. The second kappa shape index (κ2) is 4.87. The Balaban J connectivity index is 1.90. The van der Waals surface area contributed by atoms with E-state index in [1.807, 2.05) is 11.7 Å². The quantitative estimate of drug-likeness (QED) is 0.800. The molecule has 3 nitrogen and oxygen atoms in total. The van der Waals surface area contributed by atoms with Crippen LogP contribution in [-0.4, -0.2) is 35.6 Å². The Bertz CT molecular complexity index is 260. The number of hydrogen-bond acceptors (Lipinski definition) is 4. The van der Waals surface area contributed by atoms with Gasteiger partial charge in [-0.3, -0.25) is 9.88 Å². The predicted octanol–water partition coefficient (Wildman–Crippen LogP) is 1.33. The van der Waals surface area contributed by atoms with Crippen LogP contribution >= 0.6 is 11.3 Å². The SMILES string of the molecule is CC1CN(Cc2cncs2)CCCN1. The van der Waals surface area contributed by atoms with Crippen LogP contribution in [0.25, 0.3) is 0 Å². The molecule has 1 aliphatic rings. The summed E-state index contributed by atoms with van der Waals surface area (Å²) < 4.78 is 0. The first-order valence-corrected chi connectivity index (χ1v) is 6.05. The molecule has 4 heteroatoms. The minimum atomic E-state index is 0.616. The van der Waals surface area contributed by atoms with E-state index in [1.54, 1.807) is 11.3 Å². The lowest BCUT2D eigenvalue weighted by Crippen LogP contribution is -2.34. The molecule has 0 amide bonds. The van der Waals surface area contributed by atoms with Crippen molar-refractivity contribution in [2.45, 2.75) is 25.9 Å². The highest BCUT2D eigenvalue weighted by Crippen LogP contribution is 2.11. The van der Waals surface area contributed by atoms with Crippen molar-refractivity contribution in [3.05, 3.63) is 16.6 Å². The molecule has 1 N–H and O–H groups in total. The van der Waals surface area contributed by atoms with Crippen molar-refractivity contribution < 1.29 is 0 Å². The van der Waals surface area contributed by atoms with Gasteiger partial charge in [0.1, 0.15) is 0 Å². The Morgan fingerprint density at radius 2 is 2.64 bits per heavy atom. The van der Waals surface area contributed by atoms with Crippen LogP contribution in [0.2, 0.25) is 0 Å². The van der Waals surface area contributed by atoms with Gasteiger partial charge in [-0.1, -0.05) is 0 Å². The van der Waals surface area contributed by atoms with Crippen molar-refractivity contribution in [2.24, 2.45) is 0 Å². The van der Waals surface area contributed by atoms with Gasteiger partial charge in [-0.25, -0.2) is 0 Å². The first kappa shape index (κ1) is 10.1. The van der Waals surface area contributed by atoms with Crippen molar-refractivity contribution in [2.75, 3.05) is 19.6 Å². The highest BCUT2D eigenvalue weighted by molar-refractivity contribution is 7.09. The Labute approximate surface area is 89.1 Å². The molecule has 2 heterocycles. The van der Waals surface area contributed by atoms with E-state index < -0.39 is 0 Å². The number of thiazole rings is 1. The lowest BCUT2D eigenvalue weighted by molar-refractivity contribution is 0.267. The fourth-order valence-corrected chi connectivity index (χ4v) is 2.51. The number of rotatable bonds is 2. The predicted molar refractivity (Wildman–Crippen MR) is 59.5 cm³/mol. The molecule has 0 aromatic carbocycles. The number of nitrogens with zero attached hydrogens (tertiary/aromatic N) is 2. The van der Waals surface area contributed by atoms with Crippen molar-refractivity contribution in [1.29, 1.82) is 0 Å². The van der Waals surface area contributed by atoms with Gasteiger partial charge < -0.3 is 5.32 Å². The van der Waals surface area contributed by atoms with Gasteiger partial charge in [0.15, 0.2) is 0 Å². The molecule has 1 unspecified atom stereocenters. The molecule has 1 saturated heterocycles. The monoisotopic (exact) mass is 211 g/mol. The first-order valence-electron chi connectivity index (χ1n) is 5.17. The van der Waals surface area contributed by atoms with Gasteiger partial charge in [-0.15, -0.1) is 11.3 Å². The van der Waals surface area contributed by atoms with E-state index in [4.69, 9.17) is 0 Å². The van der Waals surface area contributed by atoms with Crippen LogP contribution in [0.15, 0.2) is 11.7 Å². The first-order chi connectivity index (χ1) is 6.84. The van der Waals surface area contributed by atoms with Gasteiger partial charge in [0.05, 0.1) is 5.51 Å². The second-order valence-electron chi connectivity index (χ2n) is 3.91. The lowest BCUT2D eigenvalue weighted by atomic mass is 10.3. The van der Waals surface area contributed by atoms with Crippen LogP contribution in [0.3, 0.4) is 0 Å². The van der Waals surface area contributed by atoms with Crippen LogP contribution in [0, 0.1) is 0 Å². The molecular formula is C10H17N3S. The van der Waals surface area contributed by atoms with Crippen LogP contribution in [0.5, 0.6) is 0 Å². The fourth-order valence-electron chi connectivity index (χ4n) is 1.88. The van der Waals surface area contributed by atoms with Crippen LogP contribution in [0.4, 0.5) is 0 Å². The molecule has 78 valence electrons. The molecule has 0 spiro atoms. The van der Waals surface area contributed by atoms with E-state index in [0.717, 1.165) is 19.6 Å². The maximum atomic E-state index is 4.11. The van der Waals surface area contributed by atoms with Gasteiger partial charge in [-0.2, -0.15) is 0 Å². The lowest BCUT2D eigenvalue weighted by Gasteiger charge is -2.21.